The number of thiophene rings is 1. The molecule has 2 aliphatic rings. The number of hydrogen-bond donors (Lipinski definition) is 2. The number of alkyl halides is 3. The van der Waals surface area contributed by atoms with Gasteiger partial charge in [-0.3, -0.25) is 10.1 Å². The molecule has 5 rings (SSSR count). The molecular formula is C20H17F3N6O2S. The van der Waals surface area contributed by atoms with E-state index in [9.17, 15) is 22.8 Å². The number of halogens is 3. The summed E-state index contributed by atoms with van der Waals surface area (Å²) in [5.74, 6) is -0.299. The second kappa shape index (κ2) is 7.40. The van der Waals surface area contributed by atoms with Gasteiger partial charge in [0.1, 0.15) is 17.8 Å². The number of aromatic nitrogens is 3. The molecule has 3 aromatic rings. The molecule has 0 unspecified atom stereocenters. The molecule has 1 saturated carbocycles. The fourth-order valence-corrected chi connectivity index (χ4v) is 5.18. The van der Waals surface area contributed by atoms with Gasteiger partial charge in [0, 0.05) is 30.7 Å². The average molecular weight is 462 g/mol. The van der Waals surface area contributed by atoms with Crippen LogP contribution in [0.5, 0.6) is 0 Å². The predicted octanol–water partition coefficient (Wildman–Crippen LogP) is 3.53. The first-order chi connectivity index (χ1) is 15.2. The molecule has 1 aliphatic carbocycles. The van der Waals surface area contributed by atoms with E-state index in [1.165, 1.54) is 17.7 Å². The Morgan fingerprint density at radius 3 is 2.69 bits per heavy atom. The third-order valence-corrected chi connectivity index (χ3v) is 6.72. The van der Waals surface area contributed by atoms with Crippen molar-refractivity contribution in [3.05, 3.63) is 47.4 Å². The van der Waals surface area contributed by atoms with Gasteiger partial charge in [-0.15, -0.1) is 11.3 Å². The van der Waals surface area contributed by atoms with E-state index >= 15 is 0 Å². The molecule has 1 spiro atoms. The molecule has 0 aromatic carbocycles. The van der Waals surface area contributed by atoms with E-state index in [1.54, 1.807) is 4.90 Å². The molecule has 3 amide bonds. The van der Waals surface area contributed by atoms with E-state index in [0.717, 1.165) is 28.5 Å². The van der Waals surface area contributed by atoms with E-state index in [4.69, 9.17) is 0 Å². The Balaban J connectivity index is 1.12. The summed E-state index contributed by atoms with van der Waals surface area (Å²) in [6.07, 6.45) is -0.737. The van der Waals surface area contributed by atoms with Gasteiger partial charge >= 0.3 is 12.2 Å². The van der Waals surface area contributed by atoms with Crippen LogP contribution in [-0.2, 0) is 6.18 Å². The lowest BCUT2D eigenvalue weighted by molar-refractivity contribution is -0.137. The number of pyridine rings is 1. The largest absolute Gasteiger partial charge is 0.416 e. The highest BCUT2D eigenvalue weighted by Crippen LogP contribution is 2.48. The highest BCUT2D eigenvalue weighted by atomic mass is 32.1. The summed E-state index contributed by atoms with van der Waals surface area (Å²) in [6.45, 7) is 1.16. The molecule has 2 N–H and O–H groups in total. The molecule has 0 radical (unpaired) electrons. The monoisotopic (exact) mass is 462 g/mol. The maximum absolute atomic E-state index is 12.8. The van der Waals surface area contributed by atoms with Crippen molar-refractivity contribution < 1.29 is 22.8 Å². The lowest BCUT2D eigenvalue weighted by Crippen LogP contribution is -2.67. The molecule has 8 nitrogen and oxygen atoms in total. The number of likely N-dealkylation sites (tertiary alicyclic amines) is 1. The number of carbonyl (C=O) groups is 2. The van der Waals surface area contributed by atoms with Crippen molar-refractivity contribution in [3.63, 3.8) is 0 Å². The van der Waals surface area contributed by atoms with Crippen LogP contribution in [0.25, 0.3) is 10.2 Å². The second-order valence-corrected chi connectivity index (χ2v) is 9.07. The van der Waals surface area contributed by atoms with Gasteiger partial charge in [0.2, 0.25) is 0 Å². The molecule has 1 aliphatic heterocycles. The molecular weight excluding hydrogens is 445 g/mol. The summed E-state index contributed by atoms with van der Waals surface area (Å²) in [7, 11) is 0. The zero-order chi connectivity index (χ0) is 22.5. The summed E-state index contributed by atoms with van der Waals surface area (Å²) in [6, 6.07) is 2.76. The van der Waals surface area contributed by atoms with Crippen LogP contribution in [0.4, 0.5) is 23.8 Å². The number of anilines is 1. The van der Waals surface area contributed by atoms with Gasteiger partial charge in [0.25, 0.3) is 5.91 Å². The van der Waals surface area contributed by atoms with Crippen molar-refractivity contribution in [2.75, 3.05) is 18.4 Å². The predicted molar refractivity (Wildman–Crippen MR) is 110 cm³/mol. The third-order valence-electron chi connectivity index (χ3n) is 5.81. The zero-order valence-electron chi connectivity index (χ0n) is 16.5. The Hall–Kier alpha value is -3.28. The van der Waals surface area contributed by atoms with Crippen LogP contribution < -0.4 is 10.6 Å². The van der Waals surface area contributed by atoms with Crippen molar-refractivity contribution in [2.24, 2.45) is 5.41 Å². The Morgan fingerprint density at radius 2 is 1.94 bits per heavy atom. The fraction of sp³-hybridized carbons (Fsp3) is 0.350. The molecule has 3 aromatic heterocycles. The highest BCUT2D eigenvalue weighted by Gasteiger charge is 2.54. The van der Waals surface area contributed by atoms with Crippen molar-refractivity contribution >= 4 is 39.3 Å². The maximum Gasteiger partial charge on any atom is 0.416 e. The van der Waals surface area contributed by atoms with E-state index in [0.29, 0.717) is 31.6 Å². The molecule has 1 saturated heterocycles. The number of rotatable bonds is 3. The Labute approximate surface area is 183 Å². The van der Waals surface area contributed by atoms with Crippen molar-refractivity contribution in [2.45, 2.75) is 25.1 Å². The van der Waals surface area contributed by atoms with E-state index in [-0.39, 0.29) is 23.2 Å². The number of amides is 3. The van der Waals surface area contributed by atoms with E-state index in [2.05, 4.69) is 25.6 Å². The molecule has 12 heteroatoms. The summed E-state index contributed by atoms with van der Waals surface area (Å²) < 4.78 is 39.1. The zero-order valence-corrected chi connectivity index (χ0v) is 17.3. The SMILES string of the molecule is O=C(Nc1cc(C(F)(F)F)ccn1)NC1CC2(C1)CN(C(=O)c1ncnc3ccsc13)C2. The summed E-state index contributed by atoms with van der Waals surface area (Å²) in [5.41, 5.74) is 0.233. The van der Waals surface area contributed by atoms with Crippen molar-refractivity contribution in [3.8, 4) is 0 Å². The fourth-order valence-electron chi connectivity index (χ4n) is 4.36. The van der Waals surface area contributed by atoms with Crippen LogP contribution in [0.2, 0.25) is 0 Å². The molecule has 0 atom stereocenters. The van der Waals surface area contributed by atoms with Gasteiger partial charge in [-0.05, 0) is 36.4 Å². The van der Waals surface area contributed by atoms with Crippen LogP contribution >= 0.6 is 11.3 Å². The lowest BCUT2D eigenvalue weighted by atomic mass is 9.60. The van der Waals surface area contributed by atoms with Crippen LogP contribution in [0.15, 0.2) is 36.1 Å². The number of hydrogen-bond acceptors (Lipinski definition) is 6. The van der Waals surface area contributed by atoms with Crippen LogP contribution in [-0.4, -0.2) is 50.9 Å². The minimum absolute atomic E-state index is 0.0380. The van der Waals surface area contributed by atoms with Gasteiger partial charge in [0.05, 0.1) is 15.8 Å². The van der Waals surface area contributed by atoms with E-state index < -0.39 is 17.8 Å². The Bertz CT molecular complexity index is 1200. The topological polar surface area (TPSA) is 100 Å². The van der Waals surface area contributed by atoms with Gasteiger partial charge < -0.3 is 10.2 Å². The van der Waals surface area contributed by atoms with Gasteiger partial charge in [-0.25, -0.2) is 19.7 Å². The average Bonchev–Trinajstić information content (AvgIpc) is 3.16. The number of urea groups is 1. The summed E-state index contributed by atoms with van der Waals surface area (Å²) >= 11 is 1.43. The first-order valence-electron chi connectivity index (χ1n) is 9.81. The summed E-state index contributed by atoms with van der Waals surface area (Å²) in [5, 5.41) is 6.96. The quantitative estimate of drug-likeness (QED) is 0.620. The van der Waals surface area contributed by atoms with Crippen LogP contribution in [0, 0.1) is 5.41 Å². The third kappa shape index (κ3) is 3.74. The minimum atomic E-state index is -4.51. The van der Waals surface area contributed by atoms with E-state index in [1.807, 2.05) is 11.4 Å². The van der Waals surface area contributed by atoms with Gasteiger partial charge in [0.15, 0.2) is 0 Å². The Morgan fingerprint density at radius 1 is 1.16 bits per heavy atom. The van der Waals surface area contributed by atoms with Crippen LogP contribution in [0.1, 0.15) is 28.9 Å². The lowest BCUT2D eigenvalue weighted by Gasteiger charge is -2.58. The number of carbonyl (C=O) groups excluding carboxylic acids is 2. The highest BCUT2D eigenvalue weighted by molar-refractivity contribution is 7.17. The first-order valence-corrected chi connectivity index (χ1v) is 10.7. The second-order valence-electron chi connectivity index (χ2n) is 8.15. The standard InChI is InChI=1S/C20H17F3N6O2S/c21-20(22,23)11-1-3-24-14(5-11)28-18(31)27-12-6-19(7-12)8-29(9-19)17(30)15-16-13(2-4-32-16)25-10-26-15/h1-5,10,12H,6-9H2,(H2,24,27,28,31). The normalized spacial score (nSPS) is 17.7. The number of nitrogens with zero attached hydrogens (tertiary/aromatic N) is 4. The van der Waals surface area contributed by atoms with Crippen molar-refractivity contribution in [1.82, 2.24) is 25.2 Å². The van der Waals surface area contributed by atoms with Gasteiger partial charge in [-0.2, -0.15) is 13.2 Å². The Kier molecular flexibility index (Phi) is 4.77. The van der Waals surface area contributed by atoms with Crippen molar-refractivity contribution in [1.29, 1.82) is 0 Å². The molecule has 4 heterocycles. The first kappa shape index (κ1) is 20.6. The summed E-state index contributed by atoms with van der Waals surface area (Å²) in [4.78, 5) is 38.7. The molecule has 166 valence electrons. The number of fused-ring (bicyclic) bond motifs is 1. The minimum Gasteiger partial charge on any atom is -0.336 e. The molecule has 0 bridgehead atoms. The molecule has 32 heavy (non-hydrogen) atoms. The molecule has 2 fully saturated rings. The number of nitrogens with one attached hydrogen (secondary N) is 2. The van der Waals surface area contributed by atoms with Crippen LogP contribution in [0.3, 0.4) is 0 Å². The smallest absolute Gasteiger partial charge is 0.336 e. The maximum atomic E-state index is 12.8. The van der Waals surface area contributed by atoms with Gasteiger partial charge in [-0.1, -0.05) is 0 Å².